The van der Waals surface area contributed by atoms with E-state index in [1.54, 1.807) is 24.3 Å². The number of hydrogen-bond donors (Lipinski definition) is 0. The van der Waals surface area contributed by atoms with Gasteiger partial charge in [0.2, 0.25) is 0 Å². The van der Waals surface area contributed by atoms with Crippen molar-refractivity contribution in [1.82, 2.24) is 0 Å². The van der Waals surface area contributed by atoms with Gasteiger partial charge in [-0.1, -0.05) is 38.7 Å². The van der Waals surface area contributed by atoms with Gasteiger partial charge < -0.3 is 9.53 Å². The van der Waals surface area contributed by atoms with E-state index in [-0.39, 0.29) is 18.2 Å². The average molecular weight is 238 g/mol. The molecule has 0 aromatic rings. The van der Waals surface area contributed by atoms with E-state index in [0.29, 0.717) is 12.8 Å². The van der Waals surface area contributed by atoms with Gasteiger partial charge in [-0.25, -0.2) is 0 Å². The highest BCUT2D eigenvalue weighted by molar-refractivity contribution is 5.76. The van der Waals surface area contributed by atoms with Crippen LogP contribution in [-0.2, 0) is 14.3 Å². The fraction of sp³-hybridized carbons (Fsp3) is 0.429. The molecule has 3 heteroatoms. The Kier molecular flexibility index (Phi) is 15.0. The van der Waals surface area contributed by atoms with Crippen molar-refractivity contribution in [2.24, 2.45) is 0 Å². The molecule has 0 aliphatic heterocycles. The van der Waals surface area contributed by atoms with Crippen LogP contribution in [-0.4, -0.2) is 11.8 Å². The Morgan fingerprint density at radius 3 is 2.29 bits per heavy atom. The third-order valence-corrected chi connectivity index (χ3v) is 1.55. The summed E-state index contributed by atoms with van der Waals surface area (Å²) in [5.74, 6) is -0.230. The molecule has 0 saturated carbocycles. The summed E-state index contributed by atoms with van der Waals surface area (Å²) in [4.78, 5) is 21.6. The van der Waals surface area contributed by atoms with E-state index in [2.05, 4.69) is 6.58 Å². The summed E-state index contributed by atoms with van der Waals surface area (Å²) in [7, 11) is 0. The summed E-state index contributed by atoms with van der Waals surface area (Å²) in [5.41, 5.74) is 0. The number of carbonyl (C=O) groups excluding carboxylic acids is 2. The number of esters is 1. The van der Waals surface area contributed by atoms with Gasteiger partial charge in [-0.05, 0) is 19.4 Å². The average Bonchev–Trinajstić information content (AvgIpc) is 2.31. The van der Waals surface area contributed by atoms with Crippen molar-refractivity contribution in [2.45, 2.75) is 40.0 Å². The zero-order valence-electron chi connectivity index (χ0n) is 10.9. The molecule has 0 unspecified atom stereocenters. The summed E-state index contributed by atoms with van der Waals surface area (Å²) < 4.78 is 4.75. The number of carbonyl (C=O) groups is 2. The molecule has 0 saturated heterocycles. The van der Waals surface area contributed by atoms with Crippen LogP contribution in [0.5, 0.6) is 0 Å². The number of ketones is 1. The van der Waals surface area contributed by atoms with Crippen molar-refractivity contribution >= 4 is 11.8 Å². The first-order valence-corrected chi connectivity index (χ1v) is 5.80. The number of allylic oxidation sites excluding steroid dienone is 4. The molecule has 0 aliphatic rings. The molecular weight excluding hydrogens is 216 g/mol. The summed E-state index contributed by atoms with van der Waals surface area (Å²) in [5, 5.41) is 0. The summed E-state index contributed by atoms with van der Waals surface area (Å²) in [6, 6.07) is 0. The second-order valence-electron chi connectivity index (χ2n) is 2.99. The Labute approximate surface area is 104 Å². The molecule has 0 radical (unpaired) electrons. The molecule has 0 atom stereocenters. The number of ether oxygens (including phenoxy) is 1. The topological polar surface area (TPSA) is 43.4 Å². The maximum atomic E-state index is 11.0. The molecular formula is C14H22O3. The molecule has 0 rings (SSSR count). The molecule has 0 heterocycles. The highest BCUT2D eigenvalue weighted by Crippen LogP contribution is 1.98. The largest absolute Gasteiger partial charge is 0.434 e. The molecule has 3 nitrogen and oxygen atoms in total. The van der Waals surface area contributed by atoms with Gasteiger partial charge >= 0.3 is 5.97 Å². The minimum Gasteiger partial charge on any atom is -0.434 e. The zero-order chi connectivity index (χ0) is 13.5. The lowest BCUT2D eigenvalue weighted by Gasteiger charge is -1.96. The molecule has 0 amide bonds. The highest BCUT2D eigenvalue weighted by atomic mass is 16.5. The van der Waals surface area contributed by atoms with Gasteiger partial charge in [0.25, 0.3) is 0 Å². The monoisotopic (exact) mass is 238 g/mol. The number of rotatable bonds is 7. The fourth-order valence-corrected chi connectivity index (χ4v) is 0.844. The van der Waals surface area contributed by atoms with Crippen LogP contribution in [0.25, 0.3) is 0 Å². The van der Waals surface area contributed by atoms with Gasteiger partial charge in [-0.15, -0.1) is 0 Å². The predicted octanol–water partition coefficient (Wildman–Crippen LogP) is 3.57. The molecule has 0 aromatic heterocycles. The first-order valence-electron chi connectivity index (χ1n) is 5.80. The van der Waals surface area contributed by atoms with Gasteiger partial charge in [0.15, 0.2) is 0 Å². The third kappa shape index (κ3) is 17.0. The summed E-state index contributed by atoms with van der Waals surface area (Å²) in [6.45, 7) is 9.00. The van der Waals surface area contributed by atoms with Crippen molar-refractivity contribution in [3.05, 3.63) is 37.1 Å². The Hall–Kier alpha value is -1.64. The smallest absolute Gasteiger partial charge is 0.310 e. The quantitative estimate of drug-likeness (QED) is 0.387. The van der Waals surface area contributed by atoms with Crippen molar-refractivity contribution in [3.63, 3.8) is 0 Å². The molecule has 0 N–H and O–H groups in total. The first kappa shape index (κ1) is 17.7. The van der Waals surface area contributed by atoms with Gasteiger partial charge in [0.05, 0.1) is 6.26 Å². The van der Waals surface area contributed by atoms with E-state index < -0.39 is 0 Å². The van der Waals surface area contributed by atoms with E-state index in [0.717, 1.165) is 0 Å². The maximum absolute atomic E-state index is 11.0. The standard InChI is InChI=1S/C12H16O3.C2H6/c1-3-4-5-6-10-15-12(14)9-7-8-11(2)13;1-2/h3-6,10H,1,7-9H2,2H3;1-2H3/b5-4-,10-6+;. The maximum Gasteiger partial charge on any atom is 0.310 e. The highest BCUT2D eigenvalue weighted by Gasteiger charge is 2.01. The van der Waals surface area contributed by atoms with Crippen LogP contribution in [0.4, 0.5) is 0 Å². The van der Waals surface area contributed by atoms with Crippen molar-refractivity contribution in [1.29, 1.82) is 0 Å². The Morgan fingerprint density at radius 1 is 1.12 bits per heavy atom. The van der Waals surface area contributed by atoms with Gasteiger partial charge in [-0.2, -0.15) is 0 Å². The van der Waals surface area contributed by atoms with Gasteiger partial charge in [0.1, 0.15) is 5.78 Å². The van der Waals surface area contributed by atoms with Crippen LogP contribution >= 0.6 is 0 Å². The van der Waals surface area contributed by atoms with Crippen LogP contribution < -0.4 is 0 Å². The predicted molar refractivity (Wildman–Crippen MR) is 70.4 cm³/mol. The third-order valence-electron chi connectivity index (χ3n) is 1.55. The zero-order valence-corrected chi connectivity index (χ0v) is 10.9. The Bertz CT molecular complexity index is 275. The van der Waals surface area contributed by atoms with E-state index in [9.17, 15) is 9.59 Å². The molecule has 0 aromatic carbocycles. The normalized spacial score (nSPS) is 9.82. The molecule has 96 valence electrons. The SMILES string of the molecule is C=C/C=C\C=C\OC(=O)CCCC(C)=O.CC. The summed E-state index contributed by atoms with van der Waals surface area (Å²) in [6.07, 6.45) is 9.21. The van der Waals surface area contributed by atoms with Crippen LogP contribution in [0.15, 0.2) is 37.1 Å². The van der Waals surface area contributed by atoms with Crippen LogP contribution in [0.3, 0.4) is 0 Å². The first-order chi connectivity index (χ1) is 8.16. The van der Waals surface area contributed by atoms with E-state index in [1.807, 2.05) is 13.8 Å². The number of Topliss-reactive ketones (excluding diaryl/α,β-unsaturated/α-hetero) is 1. The molecule has 0 spiro atoms. The minimum atomic E-state index is -0.320. The second-order valence-corrected chi connectivity index (χ2v) is 2.99. The molecule has 0 fully saturated rings. The fourth-order valence-electron chi connectivity index (χ4n) is 0.844. The van der Waals surface area contributed by atoms with Crippen LogP contribution in [0.2, 0.25) is 0 Å². The van der Waals surface area contributed by atoms with Gasteiger partial charge in [0, 0.05) is 12.8 Å². The summed E-state index contributed by atoms with van der Waals surface area (Å²) >= 11 is 0. The second kappa shape index (κ2) is 14.4. The van der Waals surface area contributed by atoms with Crippen molar-refractivity contribution in [3.8, 4) is 0 Å². The van der Waals surface area contributed by atoms with E-state index in [4.69, 9.17) is 4.74 Å². The molecule has 0 aliphatic carbocycles. The van der Waals surface area contributed by atoms with Crippen LogP contribution in [0, 0.1) is 0 Å². The van der Waals surface area contributed by atoms with Crippen molar-refractivity contribution < 1.29 is 14.3 Å². The lowest BCUT2D eigenvalue weighted by molar-refractivity contribution is -0.138. The van der Waals surface area contributed by atoms with Gasteiger partial charge in [-0.3, -0.25) is 4.79 Å². The van der Waals surface area contributed by atoms with Crippen LogP contribution in [0.1, 0.15) is 40.0 Å². The lowest BCUT2D eigenvalue weighted by atomic mass is 10.2. The Balaban J connectivity index is 0. The lowest BCUT2D eigenvalue weighted by Crippen LogP contribution is -2.00. The number of hydrogen-bond acceptors (Lipinski definition) is 3. The molecule has 17 heavy (non-hydrogen) atoms. The van der Waals surface area contributed by atoms with E-state index >= 15 is 0 Å². The van der Waals surface area contributed by atoms with E-state index in [1.165, 1.54) is 13.2 Å². The van der Waals surface area contributed by atoms with Crippen molar-refractivity contribution in [2.75, 3.05) is 0 Å². The Morgan fingerprint density at radius 2 is 1.76 bits per heavy atom. The molecule has 0 bridgehead atoms. The minimum absolute atomic E-state index is 0.0901.